The molecule has 0 aliphatic carbocycles. The molecule has 1 heterocycles. The van der Waals surface area contributed by atoms with Gasteiger partial charge in [-0.25, -0.2) is 0 Å². The van der Waals surface area contributed by atoms with E-state index in [1.54, 1.807) is 14.2 Å². The summed E-state index contributed by atoms with van der Waals surface area (Å²) in [6.45, 7) is 3.41. The first kappa shape index (κ1) is 15.0. The summed E-state index contributed by atoms with van der Waals surface area (Å²) in [7, 11) is 5.47. The van der Waals surface area contributed by atoms with E-state index in [0.29, 0.717) is 0 Å². The van der Waals surface area contributed by atoms with Gasteiger partial charge in [0.1, 0.15) is 5.75 Å². The van der Waals surface area contributed by atoms with Crippen LogP contribution >= 0.6 is 12.2 Å². The van der Waals surface area contributed by atoms with E-state index in [-0.39, 0.29) is 0 Å². The summed E-state index contributed by atoms with van der Waals surface area (Å²) >= 11 is 5.40. The predicted molar refractivity (Wildman–Crippen MR) is 83.0 cm³/mol. The number of aromatic nitrogens is 2. The van der Waals surface area contributed by atoms with E-state index in [0.717, 1.165) is 47.8 Å². The molecule has 1 N–H and O–H groups in total. The van der Waals surface area contributed by atoms with Crippen LogP contribution < -0.4 is 4.74 Å². The summed E-state index contributed by atoms with van der Waals surface area (Å²) < 4.78 is 13.2. The Morgan fingerprint density at radius 2 is 2.10 bits per heavy atom. The second-order valence-electron chi connectivity index (χ2n) is 4.76. The summed E-state index contributed by atoms with van der Waals surface area (Å²) in [5.74, 6) is 0.841. The standard InChI is InChI=1S/C14H21N3O2S/c1-16(8-9-18-2)6-7-17-13-10-11(19-3)4-5-12(13)15-14(17)20/h4-5,10H,6-9H2,1-3H3,(H,15,20). The van der Waals surface area contributed by atoms with Crippen LogP contribution in [0.15, 0.2) is 18.2 Å². The molecule has 0 unspecified atom stereocenters. The van der Waals surface area contributed by atoms with Crippen LogP contribution in [-0.2, 0) is 11.3 Å². The largest absolute Gasteiger partial charge is 0.497 e. The first-order chi connectivity index (χ1) is 9.65. The number of H-pyrrole nitrogens is 1. The number of aromatic amines is 1. The van der Waals surface area contributed by atoms with Crippen molar-refractivity contribution in [3.05, 3.63) is 23.0 Å². The van der Waals surface area contributed by atoms with Crippen LogP contribution in [0, 0.1) is 4.77 Å². The maximum atomic E-state index is 5.40. The monoisotopic (exact) mass is 295 g/mol. The van der Waals surface area contributed by atoms with Crippen molar-refractivity contribution in [2.45, 2.75) is 6.54 Å². The van der Waals surface area contributed by atoms with Crippen molar-refractivity contribution in [1.29, 1.82) is 0 Å². The molecule has 20 heavy (non-hydrogen) atoms. The van der Waals surface area contributed by atoms with Gasteiger partial charge in [0.15, 0.2) is 4.77 Å². The lowest BCUT2D eigenvalue weighted by atomic mass is 10.3. The highest BCUT2D eigenvalue weighted by Crippen LogP contribution is 2.20. The number of imidazole rings is 1. The van der Waals surface area contributed by atoms with Crippen molar-refractivity contribution in [3.63, 3.8) is 0 Å². The molecule has 2 aromatic rings. The molecule has 5 nitrogen and oxygen atoms in total. The zero-order chi connectivity index (χ0) is 14.5. The molecule has 0 fully saturated rings. The predicted octanol–water partition coefficient (Wildman–Crippen LogP) is 2.29. The van der Waals surface area contributed by atoms with Gasteiger partial charge in [-0.15, -0.1) is 0 Å². The topological polar surface area (TPSA) is 42.4 Å². The zero-order valence-corrected chi connectivity index (χ0v) is 13.0. The molecule has 0 aliphatic heterocycles. The zero-order valence-electron chi connectivity index (χ0n) is 12.2. The lowest BCUT2D eigenvalue weighted by Gasteiger charge is -2.16. The number of nitrogens with one attached hydrogen (secondary N) is 1. The Morgan fingerprint density at radius 1 is 1.30 bits per heavy atom. The fourth-order valence-electron chi connectivity index (χ4n) is 2.11. The molecule has 0 bridgehead atoms. The Bertz CT molecular complexity index is 620. The number of nitrogens with zero attached hydrogens (tertiary/aromatic N) is 2. The molecule has 0 atom stereocenters. The van der Waals surface area contributed by atoms with E-state index < -0.39 is 0 Å². The summed E-state index contributed by atoms with van der Waals surface area (Å²) in [5, 5.41) is 0. The number of methoxy groups -OCH3 is 2. The van der Waals surface area contributed by atoms with Crippen molar-refractivity contribution >= 4 is 23.3 Å². The van der Waals surface area contributed by atoms with Crippen molar-refractivity contribution in [2.24, 2.45) is 0 Å². The van der Waals surface area contributed by atoms with Gasteiger partial charge in [-0.3, -0.25) is 0 Å². The van der Waals surface area contributed by atoms with Gasteiger partial charge in [0, 0.05) is 32.8 Å². The number of fused-ring (bicyclic) bond motifs is 1. The molecule has 0 radical (unpaired) electrons. The molecule has 6 heteroatoms. The molecular formula is C14H21N3O2S. The van der Waals surface area contributed by atoms with Crippen molar-refractivity contribution < 1.29 is 9.47 Å². The minimum atomic E-state index is 0.740. The van der Waals surface area contributed by atoms with Crippen molar-refractivity contribution in [1.82, 2.24) is 14.5 Å². The highest BCUT2D eigenvalue weighted by molar-refractivity contribution is 7.71. The van der Waals surface area contributed by atoms with Gasteiger partial charge in [-0.2, -0.15) is 0 Å². The van der Waals surface area contributed by atoms with E-state index in [1.165, 1.54) is 0 Å². The molecule has 0 aliphatic rings. The molecule has 110 valence electrons. The fraction of sp³-hybridized carbons (Fsp3) is 0.500. The van der Waals surface area contributed by atoms with E-state index >= 15 is 0 Å². The smallest absolute Gasteiger partial charge is 0.178 e. The molecule has 0 saturated heterocycles. The van der Waals surface area contributed by atoms with Gasteiger partial charge in [0.25, 0.3) is 0 Å². The molecule has 0 saturated carbocycles. The van der Waals surface area contributed by atoms with E-state index in [2.05, 4.69) is 21.5 Å². The lowest BCUT2D eigenvalue weighted by Crippen LogP contribution is -2.26. The number of hydrogen-bond donors (Lipinski definition) is 1. The number of ether oxygens (including phenoxy) is 2. The van der Waals surface area contributed by atoms with Crippen LogP contribution in [0.5, 0.6) is 5.75 Å². The van der Waals surface area contributed by atoms with Gasteiger partial charge in [0.05, 0.1) is 24.8 Å². The Balaban J connectivity index is 2.16. The lowest BCUT2D eigenvalue weighted by molar-refractivity contribution is 0.159. The summed E-state index contributed by atoms with van der Waals surface area (Å²) in [6.07, 6.45) is 0. The van der Waals surface area contributed by atoms with Gasteiger partial charge in [-0.05, 0) is 31.4 Å². The number of benzene rings is 1. The summed E-state index contributed by atoms with van der Waals surface area (Å²) in [5.41, 5.74) is 2.12. The molecule has 1 aromatic heterocycles. The average molecular weight is 295 g/mol. The second-order valence-corrected chi connectivity index (χ2v) is 5.15. The third-order valence-corrected chi connectivity index (χ3v) is 3.69. The number of hydrogen-bond acceptors (Lipinski definition) is 4. The van der Waals surface area contributed by atoms with Gasteiger partial charge in [-0.1, -0.05) is 0 Å². The molecule has 1 aromatic carbocycles. The van der Waals surface area contributed by atoms with Gasteiger partial charge in [0.2, 0.25) is 0 Å². The van der Waals surface area contributed by atoms with Crippen LogP contribution in [-0.4, -0.2) is 55.4 Å². The SMILES string of the molecule is COCCN(C)CCn1c(=S)[nH]c2ccc(OC)cc21. The molecule has 0 amide bonds. The fourth-order valence-corrected chi connectivity index (χ4v) is 2.41. The van der Waals surface area contributed by atoms with Crippen LogP contribution in [0.25, 0.3) is 11.0 Å². The Labute approximate surface area is 124 Å². The van der Waals surface area contributed by atoms with E-state index in [9.17, 15) is 0 Å². The van der Waals surface area contributed by atoms with Crippen molar-refractivity contribution in [3.8, 4) is 5.75 Å². The molecular weight excluding hydrogens is 274 g/mol. The highest BCUT2D eigenvalue weighted by Gasteiger charge is 2.07. The maximum Gasteiger partial charge on any atom is 0.178 e. The third-order valence-electron chi connectivity index (χ3n) is 3.36. The summed E-state index contributed by atoms with van der Waals surface area (Å²) in [6, 6.07) is 5.94. The minimum Gasteiger partial charge on any atom is -0.497 e. The second kappa shape index (κ2) is 6.88. The van der Waals surface area contributed by atoms with E-state index in [1.807, 2.05) is 18.2 Å². The highest BCUT2D eigenvalue weighted by atomic mass is 32.1. The first-order valence-electron chi connectivity index (χ1n) is 6.59. The Kier molecular flexibility index (Phi) is 5.17. The van der Waals surface area contributed by atoms with Gasteiger partial charge < -0.3 is 23.9 Å². The number of likely N-dealkylation sites (N-methyl/N-ethyl adjacent to an activating group) is 1. The maximum absolute atomic E-state index is 5.40. The Hall–Kier alpha value is -1.37. The molecule has 2 rings (SSSR count). The minimum absolute atomic E-state index is 0.740. The first-order valence-corrected chi connectivity index (χ1v) is 7.00. The third kappa shape index (κ3) is 3.39. The molecule has 0 spiro atoms. The quantitative estimate of drug-likeness (QED) is 0.796. The Morgan fingerprint density at radius 3 is 2.80 bits per heavy atom. The van der Waals surface area contributed by atoms with E-state index in [4.69, 9.17) is 21.7 Å². The number of rotatable bonds is 7. The van der Waals surface area contributed by atoms with Crippen LogP contribution in [0.4, 0.5) is 0 Å². The van der Waals surface area contributed by atoms with Gasteiger partial charge >= 0.3 is 0 Å². The van der Waals surface area contributed by atoms with Crippen LogP contribution in [0.2, 0.25) is 0 Å². The van der Waals surface area contributed by atoms with Crippen molar-refractivity contribution in [2.75, 3.05) is 41.0 Å². The summed E-state index contributed by atoms with van der Waals surface area (Å²) in [4.78, 5) is 5.45. The van der Waals surface area contributed by atoms with Crippen LogP contribution in [0.3, 0.4) is 0 Å². The average Bonchev–Trinajstić information content (AvgIpc) is 2.77. The van der Waals surface area contributed by atoms with Crippen LogP contribution in [0.1, 0.15) is 0 Å². The normalized spacial score (nSPS) is 11.4.